The Kier molecular flexibility index (Phi) is 24.4. The number of imidazole rings is 1. The van der Waals surface area contributed by atoms with Gasteiger partial charge in [-0.05, 0) is 31.2 Å². The molecule has 0 aliphatic rings. The second kappa shape index (κ2) is 27.9. The van der Waals surface area contributed by atoms with Gasteiger partial charge in [-0.1, -0.05) is 192 Å². The van der Waals surface area contributed by atoms with E-state index >= 15 is 0 Å². The zero-order valence-electron chi connectivity index (χ0n) is 29.1. The molecular formula is C41H73N2+. The van der Waals surface area contributed by atoms with Gasteiger partial charge in [-0.25, -0.2) is 9.13 Å². The van der Waals surface area contributed by atoms with Crippen LogP contribution in [0.4, 0.5) is 0 Å². The third-order valence-electron chi connectivity index (χ3n) is 9.55. The molecule has 0 bridgehead atoms. The standard InChI is InChI=1S/C41H73N2/c1-3-5-7-9-11-13-15-16-17-18-19-21-23-25-27-32-36-43-38-37-42(41(43)39-40-33-29-28-30-34-40)35-31-26-24-22-20-14-12-10-8-6-4-2/h28-30,33-34,37-38H,3-27,31-32,35-36,39H2,1-2H3/q+1. The first-order chi connectivity index (χ1) is 21.3. The van der Waals surface area contributed by atoms with E-state index in [9.17, 15) is 0 Å². The molecule has 0 aliphatic heterocycles. The van der Waals surface area contributed by atoms with Crippen molar-refractivity contribution in [2.75, 3.05) is 0 Å². The first kappa shape index (κ1) is 37.6. The smallest absolute Gasteiger partial charge is 0.234 e. The Labute approximate surface area is 269 Å². The highest BCUT2D eigenvalue weighted by molar-refractivity contribution is 5.18. The van der Waals surface area contributed by atoms with E-state index in [2.05, 4.69) is 65.7 Å². The van der Waals surface area contributed by atoms with Crippen LogP contribution in [0.1, 0.15) is 199 Å². The van der Waals surface area contributed by atoms with E-state index in [0.717, 1.165) is 6.42 Å². The number of aryl methyl sites for hydroxylation is 2. The summed E-state index contributed by atoms with van der Waals surface area (Å²) in [6.07, 6.45) is 44.2. The van der Waals surface area contributed by atoms with Crippen LogP contribution in [0.3, 0.4) is 0 Å². The van der Waals surface area contributed by atoms with Crippen LogP contribution in [0, 0.1) is 0 Å². The molecule has 0 atom stereocenters. The Morgan fingerprint density at radius 3 is 1.30 bits per heavy atom. The molecule has 1 heterocycles. The molecule has 43 heavy (non-hydrogen) atoms. The van der Waals surface area contributed by atoms with Crippen LogP contribution in [0.5, 0.6) is 0 Å². The highest BCUT2D eigenvalue weighted by Gasteiger charge is 2.17. The van der Waals surface area contributed by atoms with Crippen LogP contribution in [0.25, 0.3) is 0 Å². The molecular weight excluding hydrogens is 520 g/mol. The Balaban J connectivity index is 1.57. The number of aromatic nitrogens is 2. The van der Waals surface area contributed by atoms with Crippen molar-refractivity contribution in [2.24, 2.45) is 0 Å². The van der Waals surface area contributed by atoms with Crippen LogP contribution >= 0.6 is 0 Å². The van der Waals surface area contributed by atoms with Gasteiger partial charge in [0.05, 0.1) is 19.5 Å². The summed E-state index contributed by atoms with van der Waals surface area (Å²) >= 11 is 0. The average molecular weight is 594 g/mol. The molecule has 0 spiro atoms. The van der Waals surface area contributed by atoms with Gasteiger partial charge in [-0.3, -0.25) is 0 Å². The number of rotatable bonds is 31. The number of unbranched alkanes of at least 4 members (excludes halogenated alkanes) is 25. The number of nitrogens with zero attached hydrogens (tertiary/aromatic N) is 2. The van der Waals surface area contributed by atoms with Gasteiger partial charge in [-0.15, -0.1) is 0 Å². The first-order valence-corrected chi connectivity index (χ1v) is 19.5. The Morgan fingerprint density at radius 2 is 0.860 bits per heavy atom. The zero-order valence-corrected chi connectivity index (χ0v) is 29.1. The van der Waals surface area contributed by atoms with Crippen molar-refractivity contribution in [1.82, 2.24) is 4.57 Å². The molecule has 0 radical (unpaired) electrons. The van der Waals surface area contributed by atoms with Gasteiger partial charge in [0.25, 0.3) is 5.82 Å². The lowest BCUT2D eigenvalue weighted by Crippen LogP contribution is -2.37. The van der Waals surface area contributed by atoms with Crippen molar-refractivity contribution in [2.45, 2.75) is 207 Å². The molecule has 2 nitrogen and oxygen atoms in total. The van der Waals surface area contributed by atoms with Crippen LogP contribution in [0.2, 0.25) is 0 Å². The SMILES string of the molecule is CCCCCCCCCCCCCCCCCCn1cc[n+](CCCCCCCCCCCCC)c1Cc1ccccc1. The summed E-state index contributed by atoms with van der Waals surface area (Å²) in [4.78, 5) is 0. The molecule has 2 rings (SSSR count). The molecule has 1 aromatic carbocycles. The predicted octanol–water partition coefficient (Wildman–Crippen LogP) is 12.9. The van der Waals surface area contributed by atoms with Gasteiger partial charge in [0, 0.05) is 0 Å². The van der Waals surface area contributed by atoms with Crippen LogP contribution in [-0.4, -0.2) is 4.57 Å². The van der Waals surface area contributed by atoms with E-state index in [1.165, 1.54) is 198 Å². The van der Waals surface area contributed by atoms with E-state index in [-0.39, 0.29) is 0 Å². The summed E-state index contributed by atoms with van der Waals surface area (Å²) in [5, 5.41) is 0. The fraction of sp³-hybridized carbons (Fsp3) is 0.780. The van der Waals surface area contributed by atoms with Crippen LogP contribution < -0.4 is 4.57 Å². The van der Waals surface area contributed by atoms with Crippen molar-refractivity contribution in [1.29, 1.82) is 0 Å². The minimum atomic E-state index is 1.05. The van der Waals surface area contributed by atoms with Crippen molar-refractivity contribution in [3.63, 3.8) is 0 Å². The molecule has 2 aromatic rings. The minimum absolute atomic E-state index is 1.05. The number of hydrogen-bond donors (Lipinski definition) is 0. The summed E-state index contributed by atoms with van der Waals surface area (Å²) < 4.78 is 5.13. The Morgan fingerprint density at radius 1 is 0.465 bits per heavy atom. The van der Waals surface area contributed by atoms with Crippen molar-refractivity contribution >= 4 is 0 Å². The van der Waals surface area contributed by atoms with Gasteiger partial charge in [-0.2, -0.15) is 0 Å². The minimum Gasteiger partial charge on any atom is -0.234 e. The highest BCUT2D eigenvalue weighted by atomic mass is 15.1. The molecule has 0 unspecified atom stereocenters. The lowest BCUT2D eigenvalue weighted by molar-refractivity contribution is -0.703. The molecule has 0 saturated carbocycles. The fourth-order valence-corrected chi connectivity index (χ4v) is 6.66. The predicted molar refractivity (Wildman–Crippen MR) is 190 cm³/mol. The molecule has 1 aromatic heterocycles. The van der Waals surface area contributed by atoms with Crippen LogP contribution in [-0.2, 0) is 19.5 Å². The van der Waals surface area contributed by atoms with Crippen molar-refractivity contribution in [3.05, 3.63) is 54.1 Å². The van der Waals surface area contributed by atoms with Crippen molar-refractivity contribution in [3.8, 4) is 0 Å². The maximum atomic E-state index is 2.56. The van der Waals surface area contributed by atoms with Gasteiger partial charge in [0.15, 0.2) is 0 Å². The topological polar surface area (TPSA) is 8.81 Å². The van der Waals surface area contributed by atoms with Gasteiger partial charge in [0.1, 0.15) is 12.4 Å². The largest absolute Gasteiger partial charge is 0.260 e. The maximum Gasteiger partial charge on any atom is 0.260 e. The number of benzene rings is 1. The van der Waals surface area contributed by atoms with E-state index in [1.807, 2.05) is 0 Å². The van der Waals surface area contributed by atoms with Crippen molar-refractivity contribution < 1.29 is 4.57 Å². The third kappa shape index (κ3) is 20.2. The van der Waals surface area contributed by atoms with Crippen LogP contribution in [0.15, 0.2) is 42.7 Å². The third-order valence-corrected chi connectivity index (χ3v) is 9.55. The fourth-order valence-electron chi connectivity index (χ4n) is 6.66. The lowest BCUT2D eigenvalue weighted by Gasteiger charge is -2.07. The van der Waals surface area contributed by atoms with E-state index in [4.69, 9.17) is 0 Å². The second-order valence-electron chi connectivity index (χ2n) is 13.6. The highest BCUT2D eigenvalue weighted by Crippen LogP contribution is 2.15. The summed E-state index contributed by atoms with van der Waals surface area (Å²) in [6, 6.07) is 11.1. The first-order valence-electron chi connectivity index (χ1n) is 19.5. The second-order valence-corrected chi connectivity index (χ2v) is 13.6. The molecule has 0 saturated heterocycles. The molecule has 2 heteroatoms. The normalized spacial score (nSPS) is 11.5. The van der Waals surface area contributed by atoms with Gasteiger partial charge < -0.3 is 0 Å². The Hall–Kier alpha value is -1.57. The van der Waals surface area contributed by atoms with E-state index in [1.54, 1.807) is 0 Å². The maximum absolute atomic E-state index is 2.56. The summed E-state index contributed by atoms with van der Waals surface area (Å²) in [7, 11) is 0. The lowest BCUT2D eigenvalue weighted by atomic mass is 10.0. The van der Waals surface area contributed by atoms with E-state index < -0.39 is 0 Å². The summed E-state index contributed by atoms with van der Waals surface area (Å²) in [5.74, 6) is 1.50. The molecule has 0 aliphatic carbocycles. The molecule has 0 amide bonds. The van der Waals surface area contributed by atoms with Gasteiger partial charge in [0.2, 0.25) is 0 Å². The molecule has 0 fully saturated rings. The Bertz CT molecular complexity index is 839. The monoisotopic (exact) mass is 594 g/mol. The molecule has 246 valence electrons. The zero-order chi connectivity index (χ0) is 30.5. The number of hydrogen-bond acceptors (Lipinski definition) is 0. The summed E-state index contributed by atoms with van der Waals surface area (Å²) in [6.45, 7) is 6.96. The summed E-state index contributed by atoms with van der Waals surface area (Å²) in [5.41, 5.74) is 1.43. The van der Waals surface area contributed by atoms with E-state index in [0.29, 0.717) is 0 Å². The quantitative estimate of drug-likeness (QED) is 0.0607. The van der Waals surface area contributed by atoms with Gasteiger partial charge >= 0.3 is 0 Å². The molecule has 0 N–H and O–H groups in total. The average Bonchev–Trinajstić information content (AvgIpc) is 3.40.